The van der Waals surface area contributed by atoms with Gasteiger partial charge in [-0.25, -0.2) is 0 Å². The quantitative estimate of drug-likeness (QED) is 0.0130. The fraction of sp³-hybridized carbons (Fsp3) is 0.412. The van der Waals surface area contributed by atoms with Crippen LogP contribution >= 0.6 is 0 Å². The molecule has 6 aromatic heterocycles. The first kappa shape index (κ1) is 109. The van der Waals surface area contributed by atoms with Crippen LogP contribution in [-0.2, 0) is 28.7 Å². The number of pyridine rings is 6. The molecule has 0 spiro atoms. The Morgan fingerprint density at radius 3 is 0.518 bits per heavy atom. The average molecular weight is 1850 g/mol. The van der Waals surface area contributed by atoms with Crippen LogP contribution in [0.15, 0.2) is 109 Å². The third kappa shape index (κ3) is 46.1. The number of aromatic nitrogens is 6. The molecule has 42 nitrogen and oxygen atoms in total. The Bertz CT molecular complexity index is 3180. The molecule has 10 amide bonds. The maximum Gasteiger partial charge on any atom is 3.00 e. The van der Waals surface area contributed by atoms with Crippen LogP contribution in [0.2, 0.25) is 0 Å². The van der Waals surface area contributed by atoms with Gasteiger partial charge in [-0.15, -0.1) is 0 Å². The predicted molar refractivity (Wildman–Crippen MR) is 379 cm³/mol. The first-order chi connectivity index (χ1) is 52.1. The van der Waals surface area contributed by atoms with Crippen LogP contribution in [0.5, 0.6) is 35.3 Å². The van der Waals surface area contributed by atoms with E-state index >= 15 is 0 Å². The van der Waals surface area contributed by atoms with Crippen LogP contribution in [0, 0.1) is 130 Å². The van der Waals surface area contributed by atoms with Gasteiger partial charge < -0.3 is 123 Å². The Kier molecular flexibility index (Phi) is 61.8. The van der Waals surface area contributed by atoms with Gasteiger partial charge in [-0.3, -0.25) is 57.7 Å². The van der Waals surface area contributed by atoms with Crippen LogP contribution in [0.25, 0.3) is 0 Å². The number of amides is 10. The number of nitrogens with one attached hydrogen (secondary N) is 6. The Balaban J connectivity index is -0.000000751. The van der Waals surface area contributed by atoms with Gasteiger partial charge in [0.15, 0.2) is 35.3 Å². The second kappa shape index (κ2) is 63.8. The minimum absolute atomic E-state index is 0. The third-order valence-electron chi connectivity index (χ3n) is 12.8. The monoisotopic (exact) mass is 1850 g/mol. The van der Waals surface area contributed by atoms with Crippen molar-refractivity contribution in [3.8, 4) is 35.3 Å². The molecule has 112 heavy (non-hydrogen) atoms. The van der Waals surface area contributed by atoms with Gasteiger partial charge in [0, 0.05) is 198 Å². The summed E-state index contributed by atoms with van der Waals surface area (Å²) in [6, 6.07) is 20.8. The predicted octanol–water partition coefficient (Wildman–Crippen LogP) is -7.70. The summed E-state index contributed by atoms with van der Waals surface area (Å²) in [5.41, 5.74) is -2.35. The smallest absolute Gasteiger partial charge is 0.822 e. The summed E-state index contributed by atoms with van der Waals surface area (Å²) >= 11 is 0. The topological polar surface area (TPSA) is 581 Å². The number of hydrogen-bond acceptors (Lipinski definition) is 26. The van der Waals surface area contributed by atoms with Crippen molar-refractivity contribution in [2.24, 2.45) is 0 Å². The number of carbonyl (C=O) groups is 10. The molecule has 6 aromatic rings. The van der Waals surface area contributed by atoms with E-state index in [1.807, 2.05) is 27.7 Å². The van der Waals surface area contributed by atoms with Crippen LogP contribution in [0.4, 0.5) is 0 Å². The second-order valence-electron chi connectivity index (χ2n) is 22.3. The summed E-state index contributed by atoms with van der Waals surface area (Å²) in [7, 11) is 13.5. The number of carbonyl (C=O) groups excluding carboxylic acids is 10. The van der Waals surface area contributed by atoms with Crippen LogP contribution in [0.3, 0.4) is 0 Å². The molecule has 616 valence electrons. The van der Waals surface area contributed by atoms with Crippen LogP contribution in [-0.4, -0.2) is 252 Å². The van der Waals surface area contributed by atoms with E-state index < -0.39 is 105 Å². The van der Waals surface area contributed by atoms with Crippen molar-refractivity contribution in [1.82, 2.24) is 61.3 Å². The fourth-order valence-corrected chi connectivity index (χ4v) is 7.45. The zero-order valence-electron chi connectivity index (χ0n) is 63.9. The van der Waals surface area contributed by atoms with Crippen molar-refractivity contribution in [2.45, 2.75) is 27.7 Å². The van der Waals surface area contributed by atoms with Crippen molar-refractivity contribution in [2.75, 3.05) is 161 Å². The molecule has 44 heteroatoms. The van der Waals surface area contributed by atoms with E-state index in [9.17, 15) is 110 Å². The van der Waals surface area contributed by atoms with Gasteiger partial charge >= 0.3 is 134 Å². The molecule has 6 N–H and O–H groups in total. The van der Waals surface area contributed by atoms with Crippen molar-refractivity contribution >= 4 is 61.1 Å². The Morgan fingerprint density at radius 1 is 0.295 bits per heavy atom. The summed E-state index contributed by atoms with van der Waals surface area (Å²) in [6.45, 7) is 12.3. The largest absolute Gasteiger partial charge is 3.00 e. The van der Waals surface area contributed by atoms with E-state index in [-0.39, 0.29) is 206 Å². The van der Waals surface area contributed by atoms with E-state index in [0.717, 1.165) is 88.5 Å². The second-order valence-corrected chi connectivity index (χ2v) is 22.3. The molecule has 0 aliphatic carbocycles. The van der Waals surface area contributed by atoms with Crippen molar-refractivity contribution in [1.29, 1.82) is 0 Å². The van der Waals surface area contributed by atoms with E-state index in [4.69, 9.17) is 9.47 Å². The maximum absolute atomic E-state index is 12.3. The molecule has 0 aromatic carbocycles. The SMILES string of the molecule is CCOCC.CCOCC.CN(C)C=O.CN(C)C=O.CN(C)C=O.CN(C)C=O.O=C(NCCN(CCNC(=O)c1cccc([O-])[n+]1[O-])CCNC(=O)c1cccc([O-])[n+]1[O-])c1cccc([O-])[n+]1[O-].O=C(NCCN(CCNC(=O)c1cccc([O-])[n+]1[O-])CCNC(=O)c1cccc([O-])[n+]1[O-])c1cccc([O-])[n+]1[O-].[Eu+3].[Eu+3]. The van der Waals surface area contributed by atoms with Gasteiger partial charge in [0.25, 0.3) is 34.2 Å². The van der Waals surface area contributed by atoms with E-state index in [2.05, 4.69) is 31.9 Å². The fourth-order valence-electron chi connectivity index (χ4n) is 7.45. The molecule has 0 saturated heterocycles. The molecule has 0 fully saturated rings. The Labute approximate surface area is 729 Å². The van der Waals surface area contributed by atoms with Crippen molar-refractivity contribution in [3.63, 3.8) is 0 Å². The summed E-state index contributed by atoms with van der Waals surface area (Å²) in [6.07, 6.45) is 3.00. The molecule has 6 rings (SSSR count). The minimum Gasteiger partial charge on any atom is -0.822 e. The number of hydrogen-bond donors (Lipinski definition) is 6. The average Bonchev–Trinajstić information content (AvgIpc) is 0.875. The van der Waals surface area contributed by atoms with Gasteiger partial charge in [-0.05, 0) is 64.1 Å². The van der Waals surface area contributed by atoms with Gasteiger partial charge in [-0.1, -0.05) is 36.4 Å². The van der Waals surface area contributed by atoms with Gasteiger partial charge in [0.05, 0.1) is 0 Å². The molecule has 0 unspecified atom stereocenters. The zero-order valence-corrected chi connectivity index (χ0v) is 68.8. The van der Waals surface area contributed by atoms with Crippen LogP contribution in [0.1, 0.15) is 90.6 Å². The minimum atomic E-state index is -0.899. The first-order valence-electron chi connectivity index (χ1n) is 33.2. The van der Waals surface area contributed by atoms with Crippen LogP contribution < -0.4 is 90.9 Å². The molecular weight excluding hydrogens is 1760 g/mol. The molecule has 0 bridgehead atoms. The summed E-state index contributed by atoms with van der Waals surface area (Å²) in [5.74, 6) is -10.1. The molecule has 0 aliphatic rings. The molecule has 0 radical (unpaired) electrons. The van der Waals surface area contributed by atoms with Crippen molar-refractivity contribution in [3.05, 3.63) is 175 Å². The molecule has 0 aliphatic heterocycles. The zero-order chi connectivity index (χ0) is 83.8. The number of rotatable bonds is 32. The molecule has 6 heterocycles. The number of ether oxygens (including phenoxy) is 2. The van der Waals surface area contributed by atoms with Gasteiger partial charge in [0.2, 0.25) is 25.6 Å². The Hall–Kier alpha value is -9.79. The van der Waals surface area contributed by atoms with Crippen molar-refractivity contribution < 1.29 is 215 Å². The normalized spacial score (nSPS) is 9.62. The summed E-state index contributed by atoms with van der Waals surface area (Å²) < 4.78 is 9.40. The van der Waals surface area contributed by atoms with Gasteiger partial charge in [-0.2, -0.15) is 28.4 Å². The number of nitrogens with zero attached hydrogens (tertiary/aromatic N) is 12. The summed E-state index contributed by atoms with van der Waals surface area (Å²) in [4.78, 5) is 121. The van der Waals surface area contributed by atoms with E-state index in [1.165, 1.54) is 92.4 Å². The Morgan fingerprint density at radius 2 is 0.420 bits per heavy atom. The standard InChI is InChI=1S/2C24H27N7O9.2C4H10O.4C3H7NO.2Eu/c2*32-19-7-1-4-16(29(19)38)22(35)25-10-13-28(14-11-26-23(36)17-5-2-8-20(33)30(17)39)15-12-27-24(37)18-6-3-9-21(34)31(18)40;2*1-3-5-4-2;4*1-4(2)3-5;;/h2*1-9,32-34H,10-15H2,(H,25,35)(H,26,36)(H,27,37);2*3-4H2,1-2H3;4*3H,1-2H3;;/q;;;;;;;;2*+3/p-6. The summed E-state index contributed by atoms with van der Waals surface area (Å²) in [5, 5.41) is 155. The third-order valence-corrected chi connectivity index (χ3v) is 12.8. The first-order valence-corrected chi connectivity index (χ1v) is 33.2. The molecule has 0 atom stereocenters. The molecular formula is C68H96Eu2N18O24. The maximum atomic E-state index is 12.3. The molecule has 0 saturated carbocycles. The van der Waals surface area contributed by atoms with E-state index in [1.54, 1.807) is 66.2 Å². The van der Waals surface area contributed by atoms with Gasteiger partial charge in [0.1, 0.15) is 0 Å². The van der Waals surface area contributed by atoms with E-state index in [0.29, 0.717) is 0 Å².